The summed E-state index contributed by atoms with van der Waals surface area (Å²) in [5.74, 6) is -0.852. The molecule has 0 aliphatic heterocycles. The van der Waals surface area contributed by atoms with Crippen molar-refractivity contribution in [3.8, 4) is 0 Å². The highest BCUT2D eigenvalue weighted by Gasteiger charge is 2.12. The van der Waals surface area contributed by atoms with Crippen LogP contribution in [0, 0.1) is 5.82 Å². The molecule has 13 heavy (non-hydrogen) atoms. The molecule has 0 spiro atoms. The average molecular weight is 246 g/mol. The number of alkyl halides is 1. The van der Waals surface area contributed by atoms with Gasteiger partial charge in [-0.2, -0.15) is 0 Å². The highest BCUT2D eigenvalue weighted by molar-refractivity contribution is 9.09. The Morgan fingerprint density at radius 3 is 2.85 bits per heavy atom. The minimum atomic E-state index is -0.617. The normalized spacial score (nSPS) is 10.0. The number of hydrogen-bond acceptors (Lipinski definition) is 2. The van der Waals surface area contributed by atoms with Crippen LogP contribution >= 0.6 is 15.9 Å². The lowest BCUT2D eigenvalue weighted by atomic mass is 10.1. The maximum atomic E-state index is 13.2. The predicted molar refractivity (Wildman–Crippen MR) is 53.6 cm³/mol. The summed E-state index contributed by atoms with van der Waals surface area (Å²) in [6, 6.07) is 4.44. The zero-order chi connectivity index (χ0) is 9.84. The summed E-state index contributed by atoms with van der Waals surface area (Å²) in [7, 11) is 0. The number of anilines is 1. The Morgan fingerprint density at radius 2 is 2.23 bits per heavy atom. The van der Waals surface area contributed by atoms with Gasteiger partial charge in [-0.25, -0.2) is 4.39 Å². The van der Waals surface area contributed by atoms with Crippen LogP contribution in [0.5, 0.6) is 0 Å². The van der Waals surface area contributed by atoms with E-state index in [0.717, 1.165) is 0 Å². The highest BCUT2D eigenvalue weighted by Crippen LogP contribution is 2.16. The zero-order valence-corrected chi connectivity index (χ0v) is 8.47. The van der Waals surface area contributed by atoms with Gasteiger partial charge in [-0.1, -0.05) is 22.0 Å². The van der Waals surface area contributed by atoms with Crippen LogP contribution in [0.1, 0.15) is 16.8 Å². The van der Waals surface area contributed by atoms with Crippen LogP contribution in [-0.4, -0.2) is 11.1 Å². The lowest BCUT2D eigenvalue weighted by molar-refractivity contribution is 0.0986. The first-order chi connectivity index (χ1) is 6.16. The zero-order valence-electron chi connectivity index (χ0n) is 6.89. The van der Waals surface area contributed by atoms with Gasteiger partial charge in [0.2, 0.25) is 0 Å². The molecule has 0 fully saturated rings. The molecule has 2 nitrogen and oxygen atoms in total. The molecule has 0 radical (unpaired) electrons. The summed E-state index contributed by atoms with van der Waals surface area (Å²) in [6.07, 6.45) is 0.278. The van der Waals surface area contributed by atoms with Gasteiger partial charge in [0.15, 0.2) is 11.6 Å². The fourth-order valence-electron chi connectivity index (χ4n) is 0.986. The number of hydrogen-bond donors (Lipinski definition) is 1. The van der Waals surface area contributed by atoms with Gasteiger partial charge in [0.05, 0.1) is 11.3 Å². The number of rotatable bonds is 3. The maximum absolute atomic E-state index is 13.2. The Hall–Kier alpha value is -0.900. The average Bonchev–Trinajstić information content (AvgIpc) is 2.10. The van der Waals surface area contributed by atoms with Crippen molar-refractivity contribution in [2.45, 2.75) is 6.42 Å². The van der Waals surface area contributed by atoms with Crippen LogP contribution in [-0.2, 0) is 0 Å². The number of benzene rings is 1. The van der Waals surface area contributed by atoms with Gasteiger partial charge in [-0.3, -0.25) is 4.79 Å². The van der Waals surface area contributed by atoms with Crippen LogP contribution in [0.25, 0.3) is 0 Å². The van der Waals surface area contributed by atoms with Crippen LogP contribution < -0.4 is 5.73 Å². The van der Waals surface area contributed by atoms with E-state index in [1.807, 2.05) is 0 Å². The standard InChI is InChI=1S/C9H9BrFNO/c10-5-4-8(13)6-2-1-3-7(12)9(6)11/h1-3H,4-5,12H2. The third-order valence-corrected chi connectivity index (χ3v) is 2.05. The van der Waals surface area contributed by atoms with E-state index in [1.165, 1.54) is 12.1 Å². The molecule has 0 heterocycles. The van der Waals surface area contributed by atoms with Gasteiger partial charge in [0.25, 0.3) is 0 Å². The number of nitrogen functional groups attached to an aromatic ring is 1. The van der Waals surface area contributed by atoms with Gasteiger partial charge >= 0.3 is 0 Å². The van der Waals surface area contributed by atoms with Crippen molar-refractivity contribution in [1.29, 1.82) is 0 Å². The molecule has 2 N–H and O–H groups in total. The Labute approximate surface area is 84.1 Å². The van der Waals surface area contributed by atoms with Crippen molar-refractivity contribution in [3.05, 3.63) is 29.6 Å². The Bertz CT molecular complexity index is 327. The van der Waals surface area contributed by atoms with E-state index in [9.17, 15) is 9.18 Å². The minimum absolute atomic E-state index is 0.0143. The molecule has 0 bridgehead atoms. The third kappa shape index (κ3) is 2.28. The summed E-state index contributed by atoms with van der Waals surface area (Å²) in [5.41, 5.74) is 5.40. The Morgan fingerprint density at radius 1 is 1.54 bits per heavy atom. The SMILES string of the molecule is Nc1cccc(C(=O)CCBr)c1F. The lowest BCUT2D eigenvalue weighted by Gasteiger charge is -2.02. The molecular weight excluding hydrogens is 237 g/mol. The first-order valence-corrected chi connectivity index (χ1v) is 4.92. The number of nitrogens with two attached hydrogens (primary N) is 1. The van der Waals surface area contributed by atoms with Gasteiger partial charge in [0, 0.05) is 11.8 Å². The first kappa shape index (κ1) is 10.2. The molecule has 4 heteroatoms. The van der Waals surface area contributed by atoms with Gasteiger partial charge in [0.1, 0.15) is 0 Å². The van der Waals surface area contributed by atoms with Crippen molar-refractivity contribution in [2.75, 3.05) is 11.1 Å². The molecular formula is C9H9BrFNO. The third-order valence-electron chi connectivity index (χ3n) is 1.65. The molecule has 0 aliphatic rings. The van der Waals surface area contributed by atoms with Crippen LogP contribution in [0.4, 0.5) is 10.1 Å². The van der Waals surface area contributed by atoms with Crippen molar-refractivity contribution >= 4 is 27.4 Å². The lowest BCUT2D eigenvalue weighted by Crippen LogP contribution is -2.05. The van der Waals surface area contributed by atoms with E-state index in [4.69, 9.17) is 5.73 Å². The molecule has 0 saturated heterocycles. The van der Waals surface area contributed by atoms with Crippen molar-refractivity contribution in [3.63, 3.8) is 0 Å². The second kappa shape index (κ2) is 4.37. The number of carbonyl (C=O) groups is 1. The smallest absolute Gasteiger partial charge is 0.166 e. The second-order valence-corrected chi connectivity index (χ2v) is 3.36. The molecule has 0 atom stereocenters. The topological polar surface area (TPSA) is 43.1 Å². The fraction of sp³-hybridized carbons (Fsp3) is 0.222. The molecule has 1 aromatic rings. The highest BCUT2D eigenvalue weighted by atomic mass is 79.9. The van der Waals surface area contributed by atoms with Gasteiger partial charge in [-0.05, 0) is 12.1 Å². The molecule has 1 aromatic carbocycles. The van der Waals surface area contributed by atoms with E-state index >= 15 is 0 Å². The fourth-order valence-corrected chi connectivity index (χ4v) is 1.35. The minimum Gasteiger partial charge on any atom is -0.396 e. The Balaban J connectivity index is 3.01. The summed E-state index contributed by atoms with van der Waals surface area (Å²) < 4.78 is 13.2. The van der Waals surface area contributed by atoms with Crippen LogP contribution in [0.3, 0.4) is 0 Å². The van der Waals surface area contributed by atoms with E-state index < -0.39 is 5.82 Å². The van der Waals surface area contributed by atoms with E-state index in [2.05, 4.69) is 15.9 Å². The van der Waals surface area contributed by atoms with E-state index in [-0.39, 0.29) is 23.5 Å². The van der Waals surface area contributed by atoms with E-state index in [0.29, 0.717) is 5.33 Å². The van der Waals surface area contributed by atoms with Crippen molar-refractivity contribution < 1.29 is 9.18 Å². The van der Waals surface area contributed by atoms with Crippen molar-refractivity contribution in [1.82, 2.24) is 0 Å². The van der Waals surface area contributed by atoms with Crippen LogP contribution in [0.15, 0.2) is 18.2 Å². The van der Waals surface area contributed by atoms with Crippen molar-refractivity contribution in [2.24, 2.45) is 0 Å². The molecule has 0 unspecified atom stereocenters. The molecule has 1 rings (SSSR count). The number of Topliss-reactive ketones (excluding diaryl/α,β-unsaturated/α-hetero) is 1. The monoisotopic (exact) mass is 245 g/mol. The summed E-state index contributed by atoms with van der Waals surface area (Å²) in [4.78, 5) is 11.3. The summed E-state index contributed by atoms with van der Waals surface area (Å²) >= 11 is 3.12. The largest absolute Gasteiger partial charge is 0.396 e. The van der Waals surface area contributed by atoms with E-state index in [1.54, 1.807) is 6.07 Å². The first-order valence-electron chi connectivity index (χ1n) is 3.80. The molecule has 0 aliphatic carbocycles. The van der Waals surface area contributed by atoms with Gasteiger partial charge < -0.3 is 5.73 Å². The summed E-state index contributed by atoms with van der Waals surface area (Å²) in [5, 5.41) is 0.528. The maximum Gasteiger partial charge on any atom is 0.166 e. The molecule has 0 aromatic heterocycles. The second-order valence-electron chi connectivity index (χ2n) is 2.57. The molecule has 0 saturated carbocycles. The number of ketones is 1. The Kier molecular flexibility index (Phi) is 3.42. The quantitative estimate of drug-likeness (QED) is 0.505. The van der Waals surface area contributed by atoms with Gasteiger partial charge in [-0.15, -0.1) is 0 Å². The predicted octanol–water partition coefficient (Wildman–Crippen LogP) is 2.38. The van der Waals surface area contributed by atoms with Crippen LogP contribution in [0.2, 0.25) is 0 Å². The molecule has 70 valence electrons. The summed E-state index contributed by atoms with van der Waals surface area (Å²) in [6.45, 7) is 0. The number of halogens is 2. The number of carbonyl (C=O) groups excluding carboxylic acids is 1. The molecule has 0 amide bonds.